The summed E-state index contributed by atoms with van der Waals surface area (Å²) in [5.41, 5.74) is 2.85. The van der Waals surface area contributed by atoms with Gasteiger partial charge in [0.15, 0.2) is 0 Å². The fourth-order valence-electron chi connectivity index (χ4n) is 3.29. The van der Waals surface area contributed by atoms with E-state index in [9.17, 15) is 4.79 Å². The Morgan fingerprint density at radius 1 is 1.30 bits per heavy atom. The minimum atomic E-state index is -0.500. The summed E-state index contributed by atoms with van der Waals surface area (Å²) in [6, 6.07) is 5.92. The summed E-state index contributed by atoms with van der Waals surface area (Å²) < 4.78 is 0. The van der Waals surface area contributed by atoms with Crippen molar-refractivity contribution in [3.05, 3.63) is 47.3 Å². The number of nitrogens with one attached hydrogen (secondary N) is 2. The van der Waals surface area contributed by atoms with Gasteiger partial charge in [-0.05, 0) is 36.1 Å². The standard InChI is InChI=1S/C15H14N4O/c1-16-12-5-9-6-15(7-10(9)8-18-12)11-3-2-4-17-13(11)19-14(15)20/h2-5,8H,6-7H2,1H3,(H,16,18)(H,17,19,20). The Morgan fingerprint density at radius 2 is 2.15 bits per heavy atom. The van der Waals surface area contributed by atoms with Crippen molar-refractivity contribution in [2.75, 3.05) is 17.7 Å². The number of carbonyl (C=O) groups is 1. The van der Waals surface area contributed by atoms with E-state index in [1.165, 1.54) is 5.56 Å². The summed E-state index contributed by atoms with van der Waals surface area (Å²) in [7, 11) is 1.85. The first-order valence-electron chi connectivity index (χ1n) is 6.65. The van der Waals surface area contributed by atoms with Gasteiger partial charge in [0.05, 0.1) is 5.41 Å². The van der Waals surface area contributed by atoms with Crippen LogP contribution in [0.4, 0.5) is 11.6 Å². The van der Waals surface area contributed by atoms with Crippen LogP contribution in [0.15, 0.2) is 30.6 Å². The molecule has 0 aromatic carbocycles. The molecule has 3 heterocycles. The summed E-state index contributed by atoms with van der Waals surface area (Å²) in [5.74, 6) is 1.59. The maximum absolute atomic E-state index is 12.5. The van der Waals surface area contributed by atoms with Gasteiger partial charge >= 0.3 is 0 Å². The fourth-order valence-corrected chi connectivity index (χ4v) is 3.29. The lowest BCUT2D eigenvalue weighted by Gasteiger charge is -2.20. The Hall–Kier alpha value is -2.43. The van der Waals surface area contributed by atoms with Crippen LogP contribution in [0.3, 0.4) is 0 Å². The van der Waals surface area contributed by atoms with Crippen LogP contribution in [-0.4, -0.2) is 22.9 Å². The third kappa shape index (κ3) is 1.35. The van der Waals surface area contributed by atoms with E-state index in [0.29, 0.717) is 18.7 Å². The molecule has 5 nitrogen and oxygen atoms in total. The van der Waals surface area contributed by atoms with Gasteiger partial charge in [-0.15, -0.1) is 0 Å². The number of anilines is 2. The molecule has 1 amide bonds. The first kappa shape index (κ1) is 11.4. The Balaban J connectivity index is 1.83. The van der Waals surface area contributed by atoms with Gasteiger partial charge in [0.2, 0.25) is 5.91 Å². The highest BCUT2D eigenvalue weighted by Crippen LogP contribution is 2.46. The molecule has 2 aliphatic rings. The molecule has 100 valence electrons. The van der Waals surface area contributed by atoms with Gasteiger partial charge in [-0.2, -0.15) is 0 Å². The van der Waals surface area contributed by atoms with E-state index >= 15 is 0 Å². The highest BCUT2D eigenvalue weighted by molar-refractivity contribution is 6.06. The van der Waals surface area contributed by atoms with Crippen molar-refractivity contribution in [2.24, 2.45) is 0 Å². The second-order valence-corrected chi connectivity index (χ2v) is 5.38. The highest BCUT2D eigenvalue weighted by atomic mass is 16.2. The number of fused-ring (bicyclic) bond motifs is 3. The lowest BCUT2D eigenvalue weighted by Crippen LogP contribution is -2.35. The van der Waals surface area contributed by atoms with Gasteiger partial charge in [0.25, 0.3) is 0 Å². The van der Waals surface area contributed by atoms with Crippen LogP contribution in [-0.2, 0) is 23.1 Å². The minimum absolute atomic E-state index is 0.0495. The molecule has 0 saturated carbocycles. The predicted molar refractivity (Wildman–Crippen MR) is 75.7 cm³/mol. The average Bonchev–Trinajstić information content (AvgIpc) is 2.98. The summed E-state index contributed by atoms with van der Waals surface area (Å²) in [6.45, 7) is 0. The molecule has 20 heavy (non-hydrogen) atoms. The number of aromatic nitrogens is 2. The third-order valence-electron chi connectivity index (χ3n) is 4.31. The number of pyridine rings is 2. The van der Waals surface area contributed by atoms with Crippen molar-refractivity contribution in [1.29, 1.82) is 0 Å². The topological polar surface area (TPSA) is 66.9 Å². The van der Waals surface area contributed by atoms with Crippen LogP contribution in [0.2, 0.25) is 0 Å². The third-order valence-corrected chi connectivity index (χ3v) is 4.31. The van der Waals surface area contributed by atoms with Crippen LogP contribution in [0.1, 0.15) is 16.7 Å². The second-order valence-electron chi connectivity index (χ2n) is 5.38. The molecule has 1 spiro atoms. The Bertz CT molecular complexity index is 728. The van der Waals surface area contributed by atoms with Gasteiger partial charge in [-0.25, -0.2) is 9.97 Å². The number of nitrogens with zero attached hydrogens (tertiary/aromatic N) is 2. The Kier molecular flexibility index (Phi) is 2.16. The summed E-state index contributed by atoms with van der Waals surface area (Å²) in [6.07, 6.45) is 4.99. The van der Waals surface area contributed by atoms with Gasteiger partial charge in [-0.3, -0.25) is 4.79 Å². The number of hydrogen-bond donors (Lipinski definition) is 2. The molecule has 0 saturated heterocycles. The first-order chi connectivity index (χ1) is 9.73. The van der Waals surface area contributed by atoms with E-state index in [0.717, 1.165) is 16.9 Å². The van der Waals surface area contributed by atoms with Gasteiger partial charge in [0, 0.05) is 25.0 Å². The zero-order valence-corrected chi connectivity index (χ0v) is 11.1. The smallest absolute Gasteiger partial charge is 0.237 e. The fraction of sp³-hybridized carbons (Fsp3) is 0.267. The number of rotatable bonds is 1. The molecular formula is C15H14N4O. The Morgan fingerprint density at radius 3 is 3.00 bits per heavy atom. The monoisotopic (exact) mass is 266 g/mol. The molecule has 0 radical (unpaired) electrons. The van der Waals surface area contributed by atoms with E-state index in [1.807, 2.05) is 31.4 Å². The lowest BCUT2D eigenvalue weighted by molar-refractivity contribution is -0.120. The molecule has 1 unspecified atom stereocenters. The van der Waals surface area contributed by atoms with E-state index in [-0.39, 0.29) is 5.91 Å². The van der Waals surface area contributed by atoms with E-state index < -0.39 is 5.41 Å². The van der Waals surface area contributed by atoms with Crippen molar-refractivity contribution in [1.82, 2.24) is 9.97 Å². The number of carbonyl (C=O) groups excluding carboxylic acids is 1. The molecule has 0 fully saturated rings. The maximum Gasteiger partial charge on any atom is 0.237 e. The van der Waals surface area contributed by atoms with Crippen molar-refractivity contribution in [3.8, 4) is 0 Å². The van der Waals surface area contributed by atoms with Gasteiger partial charge in [0.1, 0.15) is 11.6 Å². The molecule has 1 aliphatic heterocycles. The quantitative estimate of drug-likeness (QED) is 0.821. The number of amides is 1. The predicted octanol–water partition coefficient (Wildman–Crippen LogP) is 1.51. The summed E-state index contributed by atoms with van der Waals surface area (Å²) >= 11 is 0. The van der Waals surface area contributed by atoms with E-state index in [2.05, 4.69) is 20.6 Å². The maximum atomic E-state index is 12.5. The molecule has 1 aliphatic carbocycles. The SMILES string of the molecule is CNc1cc2c(cn1)CC1(C2)C(=O)Nc2ncccc21. The number of hydrogen-bond acceptors (Lipinski definition) is 4. The summed E-state index contributed by atoms with van der Waals surface area (Å²) in [5, 5.41) is 5.95. The molecular weight excluding hydrogens is 252 g/mol. The molecule has 0 bridgehead atoms. The Labute approximate surface area is 116 Å². The largest absolute Gasteiger partial charge is 0.373 e. The van der Waals surface area contributed by atoms with Gasteiger partial charge in [-0.1, -0.05) is 6.07 Å². The minimum Gasteiger partial charge on any atom is -0.373 e. The summed E-state index contributed by atoms with van der Waals surface area (Å²) in [4.78, 5) is 21.1. The molecule has 2 aromatic heterocycles. The van der Waals surface area contributed by atoms with Crippen LogP contribution in [0.5, 0.6) is 0 Å². The zero-order chi connectivity index (χ0) is 13.7. The molecule has 2 N–H and O–H groups in total. The lowest BCUT2D eigenvalue weighted by atomic mass is 9.79. The van der Waals surface area contributed by atoms with Crippen LogP contribution >= 0.6 is 0 Å². The normalized spacial score (nSPS) is 22.6. The molecule has 5 heteroatoms. The van der Waals surface area contributed by atoms with Crippen molar-refractivity contribution >= 4 is 17.5 Å². The molecule has 4 rings (SSSR count). The van der Waals surface area contributed by atoms with Crippen LogP contribution in [0, 0.1) is 0 Å². The van der Waals surface area contributed by atoms with Crippen molar-refractivity contribution in [3.63, 3.8) is 0 Å². The van der Waals surface area contributed by atoms with Gasteiger partial charge < -0.3 is 10.6 Å². The van der Waals surface area contributed by atoms with E-state index in [4.69, 9.17) is 0 Å². The highest BCUT2D eigenvalue weighted by Gasteiger charge is 2.51. The van der Waals surface area contributed by atoms with Crippen LogP contribution in [0.25, 0.3) is 0 Å². The van der Waals surface area contributed by atoms with Crippen molar-refractivity contribution in [2.45, 2.75) is 18.3 Å². The van der Waals surface area contributed by atoms with Crippen molar-refractivity contribution < 1.29 is 4.79 Å². The molecule has 2 aromatic rings. The second kappa shape index (κ2) is 3.79. The zero-order valence-electron chi connectivity index (χ0n) is 11.1. The van der Waals surface area contributed by atoms with Crippen LogP contribution < -0.4 is 10.6 Å². The molecule has 1 atom stereocenters. The van der Waals surface area contributed by atoms with E-state index in [1.54, 1.807) is 6.20 Å². The average molecular weight is 266 g/mol. The first-order valence-corrected chi connectivity index (χ1v) is 6.65.